The summed E-state index contributed by atoms with van der Waals surface area (Å²) >= 11 is 18.2. The Morgan fingerprint density at radius 2 is 1.68 bits per heavy atom. The standard InChI is InChI=1S/C23H19Cl3N2O3/c1-2-30-22-12-15(13-27-28-23(29)16-7-9-17(24)10-8-16)6-11-21(22)31-14-18-19(25)4-3-5-20(18)26/h3-13H,2,14H2,1H3,(H,28,29)/b27-13-. The van der Waals surface area contributed by atoms with Gasteiger partial charge in [0.05, 0.1) is 12.8 Å². The van der Waals surface area contributed by atoms with Gasteiger partial charge < -0.3 is 9.47 Å². The minimum absolute atomic E-state index is 0.198. The predicted octanol–water partition coefficient (Wildman–Crippen LogP) is 6.39. The average Bonchev–Trinajstić information content (AvgIpc) is 2.75. The maximum absolute atomic E-state index is 12.1. The van der Waals surface area contributed by atoms with Crippen LogP contribution in [0.5, 0.6) is 11.5 Å². The largest absolute Gasteiger partial charge is 0.490 e. The molecule has 5 nitrogen and oxygen atoms in total. The number of hydrogen-bond acceptors (Lipinski definition) is 4. The van der Waals surface area contributed by atoms with E-state index in [1.807, 2.05) is 6.92 Å². The van der Waals surface area contributed by atoms with E-state index in [0.29, 0.717) is 44.3 Å². The van der Waals surface area contributed by atoms with Crippen LogP contribution in [0.4, 0.5) is 0 Å². The van der Waals surface area contributed by atoms with Crippen molar-refractivity contribution >= 4 is 46.9 Å². The number of halogens is 3. The zero-order valence-electron chi connectivity index (χ0n) is 16.6. The molecule has 1 N–H and O–H groups in total. The van der Waals surface area contributed by atoms with Crippen LogP contribution in [-0.4, -0.2) is 18.7 Å². The van der Waals surface area contributed by atoms with Gasteiger partial charge in [0.2, 0.25) is 0 Å². The first-order chi connectivity index (χ1) is 15.0. The fourth-order valence-corrected chi connectivity index (χ4v) is 3.28. The molecule has 160 valence electrons. The molecule has 0 aliphatic heterocycles. The maximum Gasteiger partial charge on any atom is 0.271 e. The number of hydrogen-bond donors (Lipinski definition) is 1. The van der Waals surface area contributed by atoms with E-state index < -0.39 is 0 Å². The van der Waals surface area contributed by atoms with Gasteiger partial charge in [-0.2, -0.15) is 5.10 Å². The number of carbonyl (C=O) groups excluding carboxylic acids is 1. The molecule has 0 aromatic heterocycles. The zero-order chi connectivity index (χ0) is 22.2. The second kappa shape index (κ2) is 11.0. The molecular weight excluding hydrogens is 459 g/mol. The molecule has 0 unspecified atom stereocenters. The summed E-state index contributed by atoms with van der Waals surface area (Å²) in [6, 6.07) is 17.1. The van der Waals surface area contributed by atoms with Crippen LogP contribution in [0.3, 0.4) is 0 Å². The molecule has 0 saturated carbocycles. The van der Waals surface area contributed by atoms with Gasteiger partial charge in [-0.05, 0) is 67.1 Å². The molecule has 0 aliphatic carbocycles. The average molecular weight is 478 g/mol. The maximum atomic E-state index is 12.1. The third-order valence-electron chi connectivity index (χ3n) is 4.19. The Morgan fingerprint density at radius 3 is 2.35 bits per heavy atom. The molecule has 8 heteroatoms. The van der Waals surface area contributed by atoms with Crippen molar-refractivity contribution in [2.75, 3.05) is 6.61 Å². The topological polar surface area (TPSA) is 59.9 Å². The lowest BCUT2D eigenvalue weighted by molar-refractivity contribution is 0.0955. The second-order valence-corrected chi connectivity index (χ2v) is 7.58. The normalized spacial score (nSPS) is 10.8. The third-order valence-corrected chi connectivity index (χ3v) is 5.15. The van der Waals surface area contributed by atoms with Crippen molar-refractivity contribution in [3.8, 4) is 11.5 Å². The smallest absolute Gasteiger partial charge is 0.271 e. The minimum Gasteiger partial charge on any atom is -0.490 e. The first kappa shape index (κ1) is 22.9. The van der Waals surface area contributed by atoms with Gasteiger partial charge in [0.25, 0.3) is 5.91 Å². The number of hydrazone groups is 1. The van der Waals surface area contributed by atoms with E-state index in [1.165, 1.54) is 6.21 Å². The summed E-state index contributed by atoms with van der Waals surface area (Å²) in [6.07, 6.45) is 1.52. The highest BCUT2D eigenvalue weighted by atomic mass is 35.5. The molecule has 1 amide bonds. The number of rotatable bonds is 8. The van der Waals surface area contributed by atoms with E-state index in [0.717, 1.165) is 5.56 Å². The molecule has 0 spiro atoms. The van der Waals surface area contributed by atoms with Crippen LogP contribution in [0.15, 0.2) is 65.8 Å². The summed E-state index contributed by atoms with van der Waals surface area (Å²) in [6.45, 7) is 2.53. The minimum atomic E-state index is -0.338. The molecule has 0 bridgehead atoms. The van der Waals surface area contributed by atoms with E-state index in [1.54, 1.807) is 60.7 Å². The number of carbonyl (C=O) groups is 1. The summed E-state index contributed by atoms with van der Waals surface area (Å²) in [5.41, 5.74) is 4.36. The Morgan fingerprint density at radius 1 is 0.968 bits per heavy atom. The Kier molecular flexibility index (Phi) is 8.18. The molecule has 0 heterocycles. The fraction of sp³-hybridized carbons (Fsp3) is 0.130. The van der Waals surface area contributed by atoms with Crippen LogP contribution >= 0.6 is 34.8 Å². The van der Waals surface area contributed by atoms with Crippen LogP contribution in [0.25, 0.3) is 0 Å². The Hall–Kier alpha value is -2.73. The van der Waals surface area contributed by atoms with Gasteiger partial charge in [0, 0.05) is 26.2 Å². The van der Waals surface area contributed by atoms with Gasteiger partial charge in [0.15, 0.2) is 11.5 Å². The van der Waals surface area contributed by atoms with Crippen molar-refractivity contribution in [3.05, 3.63) is 92.4 Å². The van der Waals surface area contributed by atoms with Crippen molar-refractivity contribution in [1.82, 2.24) is 5.43 Å². The number of ether oxygens (including phenoxy) is 2. The van der Waals surface area contributed by atoms with Gasteiger partial charge in [-0.1, -0.05) is 40.9 Å². The van der Waals surface area contributed by atoms with Gasteiger partial charge >= 0.3 is 0 Å². The molecule has 31 heavy (non-hydrogen) atoms. The monoisotopic (exact) mass is 476 g/mol. The van der Waals surface area contributed by atoms with E-state index in [4.69, 9.17) is 44.3 Å². The highest BCUT2D eigenvalue weighted by Gasteiger charge is 2.10. The summed E-state index contributed by atoms with van der Waals surface area (Å²) in [7, 11) is 0. The Bertz CT molecular complexity index is 1070. The van der Waals surface area contributed by atoms with Gasteiger partial charge in [-0.3, -0.25) is 4.79 Å². The molecule has 3 aromatic carbocycles. The van der Waals surface area contributed by atoms with E-state index >= 15 is 0 Å². The fourth-order valence-electron chi connectivity index (χ4n) is 2.64. The van der Waals surface area contributed by atoms with Crippen molar-refractivity contribution in [3.63, 3.8) is 0 Å². The molecule has 0 atom stereocenters. The van der Waals surface area contributed by atoms with Crippen LogP contribution in [0.1, 0.15) is 28.4 Å². The molecule has 0 saturated heterocycles. The molecule has 0 fully saturated rings. The lowest BCUT2D eigenvalue weighted by Crippen LogP contribution is -2.17. The predicted molar refractivity (Wildman–Crippen MR) is 125 cm³/mol. The molecule has 3 rings (SSSR count). The zero-order valence-corrected chi connectivity index (χ0v) is 18.8. The third kappa shape index (κ3) is 6.37. The highest BCUT2D eigenvalue weighted by Crippen LogP contribution is 2.31. The van der Waals surface area contributed by atoms with Gasteiger partial charge in [-0.25, -0.2) is 5.43 Å². The molecular formula is C23H19Cl3N2O3. The van der Waals surface area contributed by atoms with E-state index in [-0.39, 0.29) is 12.5 Å². The van der Waals surface area contributed by atoms with Gasteiger partial charge in [-0.15, -0.1) is 0 Å². The summed E-state index contributed by atoms with van der Waals surface area (Å²) in [4.78, 5) is 12.1. The number of amides is 1. The number of nitrogens with zero attached hydrogens (tertiary/aromatic N) is 1. The first-order valence-corrected chi connectivity index (χ1v) is 10.5. The quantitative estimate of drug-likeness (QED) is 0.302. The van der Waals surface area contributed by atoms with Crippen LogP contribution in [0.2, 0.25) is 15.1 Å². The Labute approximate surface area is 195 Å². The summed E-state index contributed by atoms with van der Waals surface area (Å²) < 4.78 is 11.6. The Balaban J connectivity index is 1.68. The van der Waals surface area contributed by atoms with E-state index in [2.05, 4.69) is 10.5 Å². The molecule has 0 radical (unpaired) electrons. The number of benzene rings is 3. The SMILES string of the molecule is CCOc1cc(/C=N\NC(=O)c2ccc(Cl)cc2)ccc1OCc1c(Cl)cccc1Cl. The van der Waals surface area contributed by atoms with Gasteiger partial charge in [0.1, 0.15) is 6.61 Å². The lowest BCUT2D eigenvalue weighted by atomic mass is 10.2. The highest BCUT2D eigenvalue weighted by molar-refractivity contribution is 6.36. The van der Waals surface area contributed by atoms with E-state index in [9.17, 15) is 4.79 Å². The van der Waals surface area contributed by atoms with Crippen molar-refractivity contribution in [2.24, 2.45) is 5.10 Å². The van der Waals surface area contributed by atoms with Crippen molar-refractivity contribution in [2.45, 2.75) is 13.5 Å². The summed E-state index contributed by atoms with van der Waals surface area (Å²) in [5, 5.41) is 5.62. The first-order valence-electron chi connectivity index (χ1n) is 9.39. The molecule has 0 aliphatic rings. The number of nitrogens with one attached hydrogen (secondary N) is 1. The van der Waals surface area contributed by atoms with Crippen molar-refractivity contribution in [1.29, 1.82) is 0 Å². The lowest BCUT2D eigenvalue weighted by Gasteiger charge is -2.14. The molecule has 3 aromatic rings. The van der Waals surface area contributed by atoms with Crippen LogP contribution < -0.4 is 14.9 Å². The van der Waals surface area contributed by atoms with Crippen LogP contribution in [-0.2, 0) is 6.61 Å². The second-order valence-electron chi connectivity index (χ2n) is 6.33. The van der Waals surface area contributed by atoms with Crippen molar-refractivity contribution < 1.29 is 14.3 Å². The van der Waals surface area contributed by atoms with Crippen LogP contribution in [0, 0.1) is 0 Å². The summed E-state index contributed by atoms with van der Waals surface area (Å²) in [5.74, 6) is 0.744.